The second-order valence-electron chi connectivity index (χ2n) is 4.14. The molecule has 21 heavy (non-hydrogen) atoms. The van der Waals surface area contributed by atoms with Gasteiger partial charge in [-0.25, -0.2) is 13.2 Å². The summed E-state index contributed by atoms with van der Waals surface area (Å²) < 4.78 is 40.0. The maximum atomic E-state index is 13.6. The number of nitrogens with one attached hydrogen (secondary N) is 1. The summed E-state index contributed by atoms with van der Waals surface area (Å²) in [6, 6.07) is 5.29. The van der Waals surface area contributed by atoms with Crippen LogP contribution < -0.4 is 5.32 Å². The maximum Gasteiger partial charge on any atom is 0.298 e. The van der Waals surface area contributed by atoms with Gasteiger partial charge in [0.05, 0.1) is 15.5 Å². The van der Waals surface area contributed by atoms with Crippen molar-refractivity contribution in [3.05, 3.63) is 67.9 Å². The fraction of sp³-hybridized carbons (Fsp3) is 0.0769. The summed E-state index contributed by atoms with van der Waals surface area (Å²) in [5, 5.41) is 13.3. The van der Waals surface area contributed by atoms with Gasteiger partial charge in [-0.3, -0.25) is 10.1 Å². The van der Waals surface area contributed by atoms with Crippen molar-refractivity contribution in [1.82, 2.24) is 0 Å². The number of halogens is 4. The van der Waals surface area contributed by atoms with Gasteiger partial charge in [0.2, 0.25) is 0 Å². The van der Waals surface area contributed by atoms with Gasteiger partial charge in [-0.05, 0) is 33.6 Å². The molecule has 0 aliphatic heterocycles. The molecule has 1 N–H and O–H groups in total. The lowest BCUT2D eigenvalue weighted by molar-refractivity contribution is -0.384. The molecule has 0 saturated heterocycles. The molecular weight excluding hydrogens is 353 g/mol. The van der Waals surface area contributed by atoms with Gasteiger partial charge in [-0.2, -0.15) is 0 Å². The molecule has 0 unspecified atom stereocenters. The zero-order valence-corrected chi connectivity index (χ0v) is 12.0. The first-order valence-electron chi connectivity index (χ1n) is 5.69. The zero-order valence-electron chi connectivity index (χ0n) is 10.4. The molecule has 0 heterocycles. The number of hydrogen-bond acceptors (Lipinski definition) is 3. The highest BCUT2D eigenvalue weighted by Crippen LogP contribution is 2.29. The summed E-state index contributed by atoms with van der Waals surface area (Å²) in [5.41, 5.74) is -0.545. The molecule has 2 aromatic carbocycles. The van der Waals surface area contributed by atoms with E-state index in [2.05, 4.69) is 21.2 Å². The quantitative estimate of drug-likeness (QED) is 0.649. The Kier molecular flexibility index (Phi) is 4.46. The molecule has 0 fully saturated rings. The zero-order chi connectivity index (χ0) is 15.6. The van der Waals surface area contributed by atoms with E-state index < -0.39 is 33.7 Å². The van der Waals surface area contributed by atoms with E-state index in [1.807, 2.05) is 0 Å². The minimum Gasteiger partial charge on any atom is -0.373 e. The summed E-state index contributed by atoms with van der Waals surface area (Å²) in [5.74, 6) is -2.56. The van der Waals surface area contributed by atoms with E-state index in [0.29, 0.717) is 17.7 Å². The first-order chi connectivity index (χ1) is 9.88. The second-order valence-corrected chi connectivity index (χ2v) is 5.00. The Hall–Kier alpha value is -2.09. The van der Waals surface area contributed by atoms with Gasteiger partial charge >= 0.3 is 0 Å². The fourth-order valence-electron chi connectivity index (χ4n) is 1.72. The van der Waals surface area contributed by atoms with Crippen molar-refractivity contribution in [3.63, 3.8) is 0 Å². The average Bonchev–Trinajstić information content (AvgIpc) is 2.40. The molecule has 0 atom stereocenters. The largest absolute Gasteiger partial charge is 0.373 e. The Morgan fingerprint density at radius 2 is 1.86 bits per heavy atom. The standard InChI is InChI=1S/C13H8BrF3N2O2/c14-9-3-7(1-2-10(9)16)6-18-13-11(17)4-8(15)5-12(13)19(20)21/h1-5,18H,6H2. The lowest BCUT2D eigenvalue weighted by Gasteiger charge is -2.09. The normalized spacial score (nSPS) is 10.5. The minimum absolute atomic E-state index is 0.0161. The van der Waals surface area contributed by atoms with Crippen molar-refractivity contribution in [3.8, 4) is 0 Å². The highest BCUT2D eigenvalue weighted by molar-refractivity contribution is 9.10. The molecule has 0 saturated carbocycles. The van der Waals surface area contributed by atoms with Crippen LogP contribution in [-0.4, -0.2) is 4.92 Å². The van der Waals surface area contributed by atoms with Crippen molar-refractivity contribution in [2.45, 2.75) is 6.54 Å². The van der Waals surface area contributed by atoms with Gasteiger partial charge in [-0.15, -0.1) is 0 Å². The SMILES string of the molecule is O=[N+]([O-])c1cc(F)cc(F)c1NCc1ccc(F)c(Br)c1. The Balaban J connectivity index is 2.27. The molecule has 0 radical (unpaired) electrons. The van der Waals surface area contributed by atoms with Crippen LogP contribution in [-0.2, 0) is 6.54 Å². The predicted octanol–water partition coefficient (Wildman–Crippen LogP) is 4.39. The molecule has 110 valence electrons. The van der Waals surface area contributed by atoms with Crippen LogP contribution in [0.5, 0.6) is 0 Å². The summed E-state index contributed by atoms with van der Waals surface area (Å²) in [6.45, 7) is 0.0161. The molecule has 2 rings (SSSR count). The van der Waals surface area contributed by atoms with Crippen molar-refractivity contribution in [1.29, 1.82) is 0 Å². The third-order valence-electron chi connectivity index (χ3n) is 2.68. The number of hydrogen-bond donors (Lipinski definition) is 1. The molecule has 0 amide bonds. The van der Waals surface area contributed by atoms with E-state index in [0.717, 1.165) is 0 Å². The Bertz CT molecular complexity index is 710. The average molecular weight is 361 g/mol. The van der Waals surface area contributed by atoms with Crippen LogP contribution in [0, 0.1) is 27.6 Å². The molecule has 8 heteroatoms. The molecule has 0 bridgehead atoms. The summed E-state index contributed by atoms with van der Waals surface area (Å²) in [7, 11) is 0. The highest BCUT2D eigenvalue weighted by Gasteiger charge is 2.20. The molecule has 0 spiro atoms. The molecular formula is C13H8BrF3N2O2. The topological polar surface area (TPSA) is 55.2 Å². The van der Waals surface area contributed by atoms with Crippen molar-refractivity contribution in [2.75, 3.05) is 5.32 Å². The summed E-state index contributed by atoms with van der Waals surface area (Å²) in [4.78, 5) is 9.93. The molecule has 4 nitrogen and oxygen atoms in total. The Morgan fingerprint density at radius 1 is 1.14 bits per heavy atom. The van der Waals surface area contributed by atoms with Gasteiger partial charge in [0, 0.05) is 12.6 Å². The Morgan fingerprint density at radius 3 is 2.48 bits per heavy atom. The third-order valence-corrected chi connectivity index (χ3v) is 3.29. The molecule has 0 aliphatic rings. The minimum atomic E-state index is -1.07. The fourth-order valence-corrected chi connectivity index (χ4v) is 2.15. The first kappa shape index (κ1) is 15.3. The van der Waals surface area contributed by atoms with Crippen molar-refractivity contribution < 1.29 is 18.1 Å². The maximum absolute atomic E-state index is 13.6. The van der Waals surface area contributed by atoms with Crippen molar-refractivity contribution in [2.24, 2.45) is 0 Å². The number of rotatable bonds is 4. The summed E-state index contributed by atoms with van der Waals surface area (Å²) >= 11 is 3.00. The smallest absolute Gasteiger partial charge is 0.298 e. The van der Waals surface area contributed by atoms with Crippen LogP contribution in [0.4, 0.5) is 24.5 Å². The van der Waals surface area contributed by atoms with E-state index in [1.54, 1.807) is 0 Å². The lowest BCUT2D eigenvalue weighted by atomic mass is 10.2. The van der Waals surface area contributed by atoms with E-state index >= 15 is 0 Å². The molecule has 0 aliphatic carbocycles. The van der Waals surface area contributed by atoms with Crippen LogP contribution in [0.25, 0.3) is 0 Å². The molecule has 0 aromatic heterocycles. The number of nitro benzene ring substituents is 1. The van der Waals surface area contributed by atoms with Gasteiger partial charge in [0.1, 0.15) is 17.3 Å². The number of anilines is 1. The second kappa shape index (κ2) is 6.13. The van der Waals surface area contributed by atoms with Gasteiger partial charge in [-0.1, -0.05) is 6.07 Å². The van der Waals surface area contributed by atoms with Crippen LogP contribution in [0.2, 0.25) is 0 Å². The number of benzene rings is 2. The number of nitro groups is 1. The van der Waals surface area contributed by atoms with E-state index in [4.69, 9.17) is 0 Å². The highest BCUT2D eigenvalue weighted by atomic mass is 79.9. The molecule has 2 aromatic rings. The predicted molar refractivity (Wildman–Crippen MR) is 74.4 cm³/mol. The van der Waals surface area contributed by atoms with Crippen LogP contribution >= 0.6 is 15.9 Å². The van der Waals surface area contributed by atoms with Crippen LogP contribution in [0.15, 0.2) is 34.8 Å². The Labute approximate surface area is 125 Å². The van der Waals surface area contributed by atoms with Gasteiger partial charge < -0.3 is 5.32 Å². The van der Waals surface area contributed by atoms with Crippen LogP contribution in [0.1, 0.15) is 5.56 Å². The number of nitrogens with zero attached hydrogens (tertiary/aromatic N) is 1. The first-order valence-corrected chi connectivity index (χ1v) is 6.49. The third kappa shape index (κ3) is 3.52. The van der Waals surface area contributed by atoms with E-state index in [1.165, 1.54) is 18.2 Å². The lowest BCUT2D eigenvalue weighted by Crippen LogP contribution is -2.05. The van der Waals surface area contributed by atoms with Crippen LogP contribution in [0.3, 0.4) is 0 Å². The van der Waals surface area contributed by atoms with Gasteiger partial charge in [0.25, 0.3) is 5.69 Å². The monoisotopic (exact) mass is 360 g/mol. The summed E-state index contributed by atoms with van der Waals surface area (Å²) in [6.07, 6.45) is 0. The van der Waals surface area contributed by atoms with Crippen molar-refractivity contribution >= 4 is 27.3 Å². The van der Waals surface area contributed by atoms with Gasteiger partial charge in [0.15, 0.2) is 5.82 Å². The van der Waals surface area contributed by atoms with E-state index in [9.17, 15) is 23.3 Å². The van der Waals surface area contributed by atoms with E-state index in [-0.39, 0.29) is 11.0 Å².